The van der Waals surface area contributed by atoms with Gasteiger partial charge >= 0.3 is 0 Å². The number of hydrogen-bond acceptors (Lipinski definition) is 6. The molecule has 2 unspecified atom stereocenters. The molecule has 0 spiro atoms. The minimum absolute atomic E-state index is 0.521. The molecule has 6 heteroatoms. The summed E-state index contributed by atoms with van der Waals surface area (Å²) in [6.07, 6.45) is 6.89. The van der Waals surface area contributed by atoms with Crippen LogP contribution in [0.15, 0.2) is 48.8 Å². The Kier molecular flexibility index (Phi) is 5.84. The predicted molar refractivity (Wildman–Crippen MR) is 112 cm³/mol. The summed E-state index contributed by atoms with van der Waals surface area (Å²) in [5.74, 6) is 1.51. The average Bonchev–Trinajstić information content (AvgIpc) is 3.16. The highest BCUT2D eigenvalue weighted by molar-refractivity contribution is 7.22. The molecule has 2 aromatic heterocycles. The number of rotatable bonds is 7. The molecular weight excluding hydrogens is 356 g/mol. The molecule has 1 aromatic carbocycles. The third-order valence-corrected chi connectivity index (χ3v) is 6.41. The van der Waals surface area contributed by atoms with E-state index in [-0.39, 0.29) is 0 Å². The Morgan fingerprint density at radius 1 is 1.22 bits per heavy atom. The maximum atomic E-state index is 5.83. The summed E-state index contributed by atoms with van der Waals surface area (Å²) in [5.41, 5.74) is 1.10. The van der Waals surface area contributed by atoms with E-state index in [0.717, 1.165) is 55.4 Å². The van der Waals surface area contributed by atoms with Gasteiger partial charge in [0.2, 0.25) is 0 Å². The molecule has 1 N–H and O–H groups in total. The second kappa shape index (κ2) is 8.67. The van der Waals surface area contributed by atoms with Crippen LogP contribution in [0.2, 0.25) is 0 Å². The predicted octanol–water partition coefficient (Wildman–Crippen LogP) is 3.96. The van der Waals surface area contributed by atoms with Gasteiger partial charge in [-0.05, 0) is 62.5 Å². The van der Waals surface area contributed by atoms with Crippen molar-refractivity contribution in [1.82, 2.24) is 15.3 Å². The fraction of sp³-hybridized carbons (Fsp3) is 0.429. The zero-order chi connectivity index (χ0) is 18.5. The highest BCUT2D eigenvalue weighted by Crippen LogP contribution is 2.32. The van der Waals surface area contributed by atoms with Crippen LogP contribution in [0.4, 0.5) is 5.13 Å². The van der Waals surface area contributed by atoms with Crippen molar-refractivity contribution in [3.05, 3.63) is 48.8 Å². The monoisotopic (exact) mass is 382 g/mol. The van der Waals surface area contributed by atoms with E-state index in [2.05, 4.69) is 46.5 Å². The Morgan fingerprint density at radius 2 is 2.07 bits per heavy atom. The number of nitrogens with one attached hydrogen (secondary N) is 1. The highest BCUT2D eigenvalue weighted by atomic mass is 32.1. The lowest BCUT2D eigenvalue weighted by molar-refractivity contribution is 0.255. The molecule has 142 valence electrons. The van der Waals surface area contributed by atoms with Crippen molar-refractivity contribution in [2.45, 2.75) is 25.3 Å². The van der Waals surface area contributed by atoms with Crippen molar-refractivity contribution in [2.75, 3.05) is 31.6 Å². The molecule has 2 atom stereocenters. The molecule has 3 aromatic rings. The largest absolute Gasteiger partial charge is 0.493 e. The fourth-order valence-electron chi connectivity index (χ4n) is 3.84. The molecule has 1 aliphatic heterocycles. The first-order chi connectivity index (χ1) is 13.3. The molecule has 0 radical (unpaired) electrons. The number of pyridine rings is 1. The second-order valence-electron chi connectivity index (χ2n) is 7.07. The number of anilines is 1. The van der Waals surface area contributed by atoms with Crippen LogP contribution in [0, 0.1) is 5.92 Å². The van der Waals surface area contributed by atoms with Crippen LogP contribution in [0.3, 0.4) is 0 Å². The van der Waals surface area contributed by atoms with Crippen LogP contribution in [-0.2, 0) is 0 Å². The van der Waals surface area contributed by atoms with E-state index in [4.69, 9.17) is 9.72 Å². The first kappa shape index (κ1) is 18.2. The van der Waals surface area contributed by atoms with Gasteiger partial charge in [-0.2, -0.15) is 0 Å². The summed E-state index contributed by atoms with van der Waals surface area (Å²) < 4.78 is 7.09. The molecule has 0 amide bonds. The third kappa shape index (κ3) is 4.39. The fourth-order valence-corrected chi connectivity index (χ4v) is 4.82. The van der Waals surface area contributed by atoms with Gasteiger partial charge in [0.05, 0.1) is 16.8 Å². The normalized spacial score (nSPS) is 19.9. The number of ether oxygens (including phenoxy) is 1. The van der Waals surface area contributed by atoms with Crippen molar-refractivity contribution in [3.8, 4) is 5.75 Å². The Labute approximate surface area is 164 Å². The summed E-state index contributed by atoms with van der Waals surface area (Å²) >= 11 is 1.79. The summed E-state index contributed by atoms with van der Waals surface area (Å²) in [5, 5.41) is 4.69. The molecule has 0 bridgehead atoms. The van der Waals surface area contributed by atoms with Gasteiger partial charge in [-0.3, -0.25) is 4.98 Å². The summed E-state index contributed by atoms with van der Waals surface area (Å²) in [4.78, 5) is 11.3. The second-order valence-corrected chi connectivity index (χ2v) is 8.08. The van der Waals surface area contributed by atoms with Gasteiger partial charge in [0.15, 0.2) is 5.13 Å². The number of thiazole rings is 1. The number of hydrogen-bond donors (Lipinski definition) is 1. The Morgan fingerprint density at radius 3 is 2.93 bits per heavy atom. The standard InChI is InChI=1S/C21H26N4OS/c1-25(21-24-18-6-2-3-7-20(18)27-21)19-10-13-23-15-16(19)5-4-14-26-17-8-11-22-12-9-17/h2-3,6-9,11-12,16,19,23H,4-5,10,13-15H2,1H3. The topological polar surface area (TPSA) is 50.3 Å². The van der Waals surface area contributed by atoms with Gasteiger partial charge in [0.25, 0.3) is 0 Å². The molecule has 1 aliphatic rings. The van der Waals surface area contributed by atoms with Crippen LogP contribution in [0.25, 0.3) is 10.2 Å². The lowest BCUT2D eigenvalue weighted by Gasteiger charge is -2.38. The molecule has 0 aliphatic carbocycles. The zero-order valence-corrected chi connectivity index (χ0v) is 16.5. The zero-order valence-electron chi connectivity index (χ0n) is 15.7. The van der Waals surface area contributed by atoms with E-state index in [1.54, 1.807) is 23.7 Å². The van der Waals surface area contributed by atoms with Crippen LogP contribution in [0.1, 0.15) is 19.3 Å². The molecular formula is C21H26N4OS. The van der Waals surface area contributed by atoms with Crippen molar-refractivity contribution in [3.63, 3.8) is 0 Å². The number of fused-ring (bicyclic) bond motifs is 1. The van der Waals surface area contributed by atoms with E-state index in [1.165, 1.54) is 4.70 Å². The van der Waals surface area contributed by atoms with Crippen LogP contribution < -0.4 is 15.0 Å². The quantitative estimate of drug-likeness (QED) is 0.627. The van der Waals surface area contributed by atoms with Crippen LogP contribution in [-0.4, -0.2) is 42.8 Å². The van der Waals surface area contributed by atoms with Gasteiger partial charge in [-0.1, -0.05) is 23.5 Å². The summed E-state index contributed by atoms with van der Waals surface area (Å²) in [6, 6.07) is 12.7. The van der Waals surface area contributed by atoms with E-state index < -0.39 is 0 Å². The van der Waals surface area contributed by atoms with Gasteiger partial charge in [0.1, 0.15) is 5.75 Å². The number of aromatic nitrogens is 2. The van der Waals surface area contributed by atoms with Crippen LogP contribution in [0.5, 0.6) is 5.75 Å². The number of benzene rings is 1. The third-order valence-electron chi connectivity index (χ3n) is 5.29. The van der Waals surface area contributed by atoms with Crippen molar-refractivity contribution in [2.24, 2.45) is 5.92 Å². The maximum absolute atomic E-state index is 5.83. The van der Waals surface area contributed by atoms with Gasteiger partial charge < -0.3 is 15.0 Å². The Balaban J connectivity index is 1.36. The SMILES string of the molecule is CN(c1nc2ccccc2s1)C1CCNCC1CCCOc1ccncc1. The molecule has 1 fully saturated rings. The van der Waals surface area contributed by atoms with Crippen molar-refractivity contribution >= 4 is 26.7 Å². The molecule has 5 nitrogen and oxygen atoms in total. The molecule has 3 heterocycles. The number of piperidine rings is 1. The summed E-state index contributed by atoms with van der Waals surface area (Å²) in [6.45, 7) is 2.89. The summed E-state index contributed by atoms with van der Waals surface area (Å²) in [7, 11) is 2.20. The van der Waals surface area contributed by atoms with Gasteiger partial charge in [-0.25, -0.2) is 4.98 Å². The first-order valence-corrected chi connectivity index (χ1v) is 10.4. The molecule has 4 rings (SSSR count). The lowest BCUT2D eigenvalue weighted by Crippen LogP contribution is -2.48. The highest BCUT2D eigenvalue weighted by Gasteiger charge is 2.29. The minimum atomic E-state index is 0.521. The van der Waals surface area contributed by atoms with Crippen molar-refractivity contribution in [1.29, 1.82) is 0 Å². The lowest BCUT2D eigenvalue weighted by atomic mass is 9.88. The van der Waals surface area contributed by atoms with E-state index in [1.807, 2.05) is 12.1 Å². The average molecular weight is 383 g/mol. The maximum Gasteiger partial charge on any atom is 0.186 e. The Hall–Kier alpha value is -2.18. The molecule has 1 saturated heterocycles. The van der Waals surface area contributed by atoms with Crippen LogP contribution >= 0.6 is 11.3 Å². The molecule has 27 heavy (non-hydrogen) atoms. The smallest absolute Gasteiger partial charge is 0.186 e. The minimum Gasteiger partial charge on any atom is -0.493 e. The van der Waals surface area contributed by atoms with E-state index in [9.17, 15) is 0 Å². The number of para-hydroxylation sites is 1. The van der Waals surface area contributed by atoms with Crippen molar-refractivity contribution < 1.29 is 4.74 Å². The molecule has 0 saturated carbocycles. The number of nitrogens with zero attached hydrogens (tertiary/aromatic N) is 3. The van der Waals surface area contributed by atoms with Gasteiger partial charge in [0, 0.05) is 25.5 Å². The Bertz CT molecular complexity index is 821. The first-order valence-electron chi connectivity index (χ1n) is 9.63. The van der Waals surface area contributed by atoms with Gasteiger partial charge in [-0.15, -0.1) is 0 Å². The van der Waals surface area contributed by atoms with E-state index >= 15 is 0 Å². The van der Waals surface area contributed by atoms with E-state index in [0.29, 0.717) is 12.0 Å².